The summed E-state index contributed by atoms with van der Waals surface area (Å²) in [5.74, 6) is 0.875. The maximum atomic E-state index is 10.5. The van der Waals surface area contributed by atoms with Crippen LogP contribution in [0.4, 0.5) is 5.69 Å². The number of hydrogen-bond donors (Lipinski definition) is 0. The zero-order valence-electron chi connectivity index (χ0n) is 11.0. The van der Waals surface area contributed by atoms with Gasteiger partial charge in [0.05, 0.1) is 18.1 Å². The van der Waals surface area contributed by atoms with Crippen molar-refractivity contribution in [1.82, 2.24) is 4.98 Å². The predicted octanol–water partition coefficient (Wildman–Crippen LogP) is 2.83. The molecule has 21 heavy (non-hydrogen) atoms. The molecule has 0 bridgehead atoms. The van der Waals surface area contributed by atoms with Crippen molar-refractivity contribution in [3.8, 4) is 11.6 Å². The summed E-state index contributed by atoms with van der Waals surface area (Å²) in [5.41, 5.74) is 0.838. The van der Waals surface area contributed by atoms with Crippen LogP contribution in [0, 0.1) is 10.1 Å². The van der Waals surface area contributed by atoms with E-state index in [9.17, 15) is 10.1 Å². The minimum absolute atomic E-state index is 0.0757. The van der Waals surface area contributed by atoms with E-state index in [1.165, 1.54) is 12.1 Å². The van der Waals surface area contributed by atoms with Crippen molar-refractivity contribution < 1.29 is 19.1 Å². The Morgan fingerprint density at radius 1 is 1.14 bits per heavy atom. The number of nitro groups is 1. The van der Waals surface area contributed by atoms with Crippen molar-refractivity contribution in [3.63, 3.8) is 0 Å². The van der Waals surface area contributed by atoms with Crippen LogP contribution < -0.4 is 4.74 Å². The van der Waals surface area contributed by atoms with Gasteiger partial charge in [0.25, 0.3) is 5.69 Å². The molecule has 1 saturated heterocycles. The van der Waals surface area contributed by atoms with Crippen LogP contribution in [0.15, 0.2) is 42.6 Å². The summed E-state index contributed by atoms with van der Waals surface area (Å²) < 4.78 is 16.3. The molecule has 2 aromatic rings. The average Bonchev–Trinajstić information content (AvgIpc) is 3.03. The molecule has 7 nitrogen and oxygen atoms in total. The van der Waals surface area contributed by atoms with Crippen molar-refractivity contribution in [3.05, 3.63) is 58.3 Å². The Kier molecular flexibility index (Phi) is 3.76. The summed E-state index contributed by atoms with van der Waals surface area (Å²) in [5, 5.41) is 10.5. The first-order chi connectivity index (χ1) is 10.2. The van der Waals surface area contributed by atoms with Crippen LogP contribution in [0.3, 0.4) is 0 Å². The van der Waals surface area contributed by atoms with Gasteiger partial charge < -0.3 is 14.2 Å². The number of nitrogens with zero attached hydrogens (tertiary/aromatic N) is 2. The molecule has 0 atom stereocenters. The first-order valence-corrected chi connectivity index (χ1v) is 6.34. The molecule has 0 saturated carbocycles. The fourth-order valence-electron chi connectivity index (χ4n) is 1.91. The normalized spacial score (nSPS) is 15.0. The molecule has 7 heteroatoms. The van der Waals surface area contributed by atoms with Crippen LogP contribution in [-0.4, -0.2) is 23.1 Å². The number of ether oxygens (including phenoxy) is 3. The van der Waals surface area contributed by atoms with Gasteiger partial charge in [-0.3, -0.25) is 10.1 Å². The molecule has 2 heterocycles. The Hall–Kier alpha value is -2.51. The molecule has 1 aromatic carbocycles. The highest BCUT2D eigenvalue weighted by atomic mass is 16.7. The van der Waals surface area contributed by atoms with Crippen molar-refractivity contribution >= 4 is 5.69 Å². The number of hydrogen-bond acceptors (Lipinski definition) is 6. The Balaban J connectivity index is 1.68. The van der Waals surface area contributed by atoms with Gasteiger partial charge in [0.2, 0.25) is 5.88 Å². The second kappa shape index (κ2) is 5.86. The van der Waals surface area contributed by atoms with Crippen LogP contribution >= 0.6 is 0 Å². The minimum Gasteiger partial charge on any atom is -0.439 e. The molecule has 0 radical (unpaired) electrons. The van der Waals surface area contributed by atoms with Gasteiger partial charge in [0, 0.05) is 17.7 Å². The molecule has 1 aromatic heterocycles. The maximum absolute atomic E-state index is 10.5. The van der Waals surface area contributed by atoms with Gasteiger partial charge in [-0.05, 0) is 12.1 Å². The molecule has 1 aliphatic heterocycles. The Morgan fingerprint density at radius 3 is 2.43 bits per heavy atom. The lowest BCUT2D eigenvalue weighted by molar-refractivity contribution is -0.385. The molecule has 0 spiro atoms. The Morgan fingerprint density at radius 2 is 1.86 bits per heavy atom. The fraction of sp³-hybridized carbons (Fsp3) is 0.214. The number of aromatic nitrogens is 1. The first kappa shape index (κ1) is 13.5. The Labute approximate surface area is 120 Å². The van der Waals surface area contributed by atoms with Crippen molar-refractivity contribution in [2.75, 3.05) is 13.2 Å². The second-order valence-corrected chi connectivity index (χ2v) is 4.36. The minimum atomic E-state index is -0.507. The van der Waals surface area contributed by atoms with Gasteiger partial charge in [-0.25, -0.2) is 4.98 Å². The molecule has 0 aliphatic carbocycles. The summed E-state index contributed by atoms with van der Waals surface area (Å²) in [6.07, 6.45) is 0.834. The third-order valence-electron chi connectivity index (χ3n) is 2.93. The predicted molar refractivity (Wildman–Crippen MR) is 72.1 cm³/mol. The van der Waals surface area contributed by atoms with Gasteiger partial charge in [-0.1, -0.05) is 12.1 Å². The van der Waals surface area contributed by atoms with E-state index in [0.29, 0.717) is 24.8 Å². The molecule has 0 N–H and O–H groups in total. The van der Waals surface area contributed by atoms with E-state index in [0.717, 1.165) is 11.8 Å². The van der Waals surface area contributed by atoms with Crippen molar-refractivity contribution in [1.29, 1.82) is 0 Å². The van der Waals surface area contributed by atoms with E-state index in [1.54, 1.807) is 12.1 Å². The topological polar surface area (TPSA) is 83.7 Å². The number of benzene rings is 1. The SMILES string of the molecule is O=[N+]([O-])c1ccc(Oc2ccc(C3OCCO3)cc2)nc1. The quantitative estimate of drug-likeness (QED) is 0.635. The molecular formula is C14H12N2O5. The van der Waals surface area contributed by atoms with E-state index in [4.69, 9.17) is 14.2 Å². The van der Waals surface area contributed by atoms with Gasteiger partial charge in [-0.2, -0.15) is 0 Å². The molecular weight excluding hydrogens is 276 g/mol. The zero-order chi connectivity index (χ0) is 14.7. The summed E-state index contributed by atoms with van der Waals surface area (Å²) in [6.45, 7) is 1.19. The van der Waals surface area contributed by atoms with E-state index in [-0.39, 0.29) is 12.0 Å². The first-order valence-electron chi connectivity index (χ1n) is 6.34. The second-order valence-electron chi connectivity index (χ2n) is 4.36. The van der Waals surface area contributed by atoms with Crippen LogP contribution in [0.1, 0.15) is 11.9 Å². The molecule has 3 rings (SSSR count). The monoisotopic (exact) mass is 288 g/mol. The highest BCUT2D eigenvalue weighted by Gasteiger charge is 2.17. The summed E-state index contributed by atoms with van der Waals surface area (Å²) >= 11 is 0. The van der Waals surface area contributed by atoms with Crippen LogP contribution in [0.25, 0.3) is 0 Å². The Bertz CT molecular complexity index is 621. The average molecular weight is 288 g/mol. The van der Waals surface area contributed by atoms with E-state index in [2.05, 4.69) is 4.98 Å². The van der Waals surface area contributed by atoms with Crippen LogP contribution in [-0.2, 0) is 9.47 Å². The third-order valence-corrected chi connectivity index (χ3v) is 2.93. The van der Waals surface area contributed by atoms with Gasteiger partial charge in [0.15, 0.2) is 6.29 Å². The van der Waals surface area contributed by atoms with Crippen LogP contribution in [0.2, 0.25) is 0 Å². The van der Waals surface area contributed by atoms with Gasteiger partial charge in [-0.15, -0.1) is 0 Å². The number of pyridine rings is 1. The fourth-order valence-corrected chi connectivity index (χ4v) is 1.91. The lowest BCUT2D eigenvalue weighted by Crippen LogP contribution is -1.97. The molecule has 0 unspecified atom stereocenters. The highest BCUT2D eigenvalue weighted by Crippen LogP contribution is 2.27. The van der Waals surface area contributed by atoms with E-state index >= 15 is 0 Å². The van der Waals surface area contributed by atoms with E-state index < -0.39 is 4.92 Å². The van der Waals surface area contributed by atoms with Gasteiger partial charge in [0.1, 0.15) is 11.9 Å². The summed E-state index contributed by atoms with van der Waals surface area (Å²) in [7, 11) is 0. The molecule has 1 aliphatic rings. The largest absolute Gasteiger partial charge is 0.439 e. The summed E-state index contributed by atoms with van der Waals surface area (Å²) in [6, 6.07) is 10.0. The van der Waals surface area contributed by atoms with Gasteiger partial charge >= 0.3 is 0 Å². The smallest absolute Gasteiger partial charge is 0.287 e. The highest BCUT2D eigenvalue weighted by molar-refractivity contribution is 5.34. The standard InChI is InChI=1S/C14H12N2O5/c17-16(18)11-3-6-13(15-9-11)21-12-4-1-10(2-5-12)14-19-7-8-20-14/h1-6,9,14H,7-8H2. The maximum Gasteiger partial charge on any atom is 0.287 e. The lowest BCUT2D eigenvalue weighted by Gasteiger charge is -2.10. The van der Waals surface area contributed by atoms with Crippen molar-refractivity contribution in [2.45, 2.75) is 6.29 Å². The lowest BCUT2D eigenvalue weighted by atomic mass is 10.2. The van der Waals surface area contributed by atoms with Crippen molar-refractivity contribution in [2.24, 2.45) is 0 Å². The van der Waals surface area contributed by atoms with E-state index in [1.807, 2.05) is 12.1 Å². The molecule has 1 fully saturated rings. The number of rotatable bonds is 4. The van der Waals surface area contributed by atoms with Crippen LogP contribution in [0.5, 0.6) is 11.6 Å². The molecule has 108 valence electrons. The molecule has 0 amide bonds. The zero-order valence-corrected chi connectivity index (χ0v) is 11.0. The summed E-state index contributed by atoms with van der Waals surface area (Å²) in [4.78, 5) is 13.9. The third kappa shape index (κ3) is 3.15.